The van der Waals surface area contributed by atoms with E-state index in [4.69, 9.17) is 5.73 Å². The molecule has 3 saturated carbocycles. The summed E-state index contributed by atoms with van der Waals surface area (Å²) in [5.74, 6) is 6.74. The molecular weight excluding hydrogens is 496 g/mol. The second-order valence-electron chi connectivity index (χ2n) is 15.4. The van der Waals surface area contributed by atoms with Crippen molar-refractivity contribution < 1.29 is 0 Å². The van der Waals surface area contributed by atoms with Crippen LogP contribution in [0.15, 0.2) is 36.9 Å². The molecule has 2 nitrogen and oxygen atoms in total. The molecule has 1 aromatic rings. The van der Waals surface area contributed by atoms with Gasteiger partial charge in [-0.1, -0.05) is 86.5 Å². The Hall–Kier alpha value is -1.70. The van der Waals surface area contributed by atoms with E-state index in [1.807, 2.05) is 27.0 Å². The number of nitrogens with two attached hydrogens (primary N) is 1. The number of anilines is 2. The summed E-state index contributed by atoms with van der Waals surface area (Å²) in [7, 11) is 1.96. The van der Waals surface area contributed by atoms with Gasteiger partial charge in [-0.3, -0.25) is 0 Å². The number of benzene rings is 1. The summed E-state index contributed by atoms with van der Waals surface area (Å²) in [6.07, 6.45) is 20.7. The van der Waals surface area contributed by atoms with Crippen molar-refractivity contribution in [2.45, 2.75) is 119 Å². The van der Waals surface area contributed by atoms with Gasteiger partial charge in [-0.15, -0.1) is 0 Å². The third-order valence-electron chi connectivity index (χ3n) is 12.7. The molecule has 2 heteroatoms. The standard InChI is InChI=1S/C37H58N2.C2H6/c1-24(2)9-8-10-25(3)33-13-14-34-32-12-11-29-20-27(15-17-36(29,5)35(32)16-18-37(33,34)6)19-26(4)28-21-30(38)23-31(22-28)39-7;1-2/h11-12,21-25,27,29,32-35,39H,4,8-10,13-20,38H2,1-3,5-7H3;1-2H3. The fourth-order valence-electron chi connectivity index (χ4n) is 10.4. The smallest absolute Gasteiger partial charge is 0.0364 e. The summed E-state index contributed by atoms with van der Waals surface area (Å²) in [5.41, 5.74) is 11.6. The van der Waals surface area contributed by atoms with Crippen LogP contribution in [0.4, 0.5) is 11.4 Å². The summed E-state index contributed by atoms with van der Waals surface area (Å²) in [6.45, 7) is 21.3. The highest BCUT2D eigenvalue weighted by atomic mass is 14.8. The van der Waals surface area contributed by atoms with Crippen LogP contribution < -0.4 is 11.1 Å². The Morgan fingerprint density at radius 2 is 1.66 bits per heavy atom. The van der Waals surface area contributed by atoms with E-state index in [0.29, 0.717) is 10.8 Å². The van der Waals surface area contributed by atoms with Crippen LogP contribution in [0.2, 0.25) is 0 Å². The fourth-order valence-corrected chi connectivity index (χ4v) is 10.4. The minimum absolute atomic E-state index is 0.482. The average Bonchev–Trinajstić information content (AvgIpc) is 3.31. The summed E-state index contributed by atoms with van der Waals surface area (Å²) in [5, 5.41) is 3.25. The monoisotopic (exact) mass is 561 g/mol. The number of hydrogen-bond acceptors (Lipinski definition) is 2. The summed E-state index contributed by atoms with van der Waals surface area (Å²) in [4.78, 5) is 0. The zero-order valence-corrected chi connectivity index (χ0v) is 28.1. The second-order valence-corrected chi connectivity index (χ2v) is 15.4. The van der Waals surface area contributed by atoms with E-state index in [2.05, 4.69) is 70.8 Å². The topological polar surface area (TPSA) is 38.0 Å². The Morgan fingerprint density at radius 1 is 0.951 bits per heavy atom. The van der Waals surface area contributed by atoms with Crippen molar-refractivity contribution in [3.05, 3.63) is 42.5 Å². The summed E-state index contributed by atoms with van der Waals surface area (Å²) < 4.78 is 0. The molecule has 0 spiro atoms. The predicted molar refractivity (Wildman–Crippen MR) is 182 cm³/mol. The molecule has 9 unspecified atom stereocenters. The van der Waals surface area contributed by atoms with E-state index >= 15 is 0 Å². The lowest BCUT2D eigenvalue weighted by Crippen LogP contribution is -2.52. The molecule has 5 rings (SSSR count). The van der Waals surface area contributed by atoms with Gasteiger partial charge in [0.2, 0.25) is 0 Å². The Labute approximate surface area is 254 Å². The number of rotatable bonds is 9. The maximum atomic E-state index is 6.19. The lowest BCUT2D eigenvalue weighted by Gasteiger charge is -2.59. The van der Waals surface area contributed by atoms with E-state index in [-0.39, 0.29) is 0 Å². The molecule has 41 heavy (non-hydrogen) atoms. The lowest BCUT2D eigenvalue weighted by atomic mass is 9.45. The summed E-state index contributed by atoms with van der Waals surface area (Å²) in [6, 6.07) is 6.30. The van der Waals surface area contributed by atoms with Crippen LogP contribution in [0.5, 0.6) is 0 Å². The zero-order valence-electron chi connectivity index (χ0n) is 28.1. The molecule has 0 bridgehead atoms. The molecule has 3 N–H and O–H groups in total. The van der Waals surface area contributed by atoms with Crippen molar-refractivity contribution in [3.8, 4) is 0 Å². The van der Waals surface area contributed by atoms with Gasteiger partial charge in [0.1, 0.15) is 0 Å². The number of fused-ring (bicyclic) bond motifs is 5. The Balaban J connectivity index is 0.00000189. The first-order valence-corrected chi connectivity index (χ1v) is 17.5. The molecule has 0 heterocycles. The van der Waals surface area contributed by atoms with E-state index in [1.165, 1.54) is 75.3 Å². The quantitative estimate of drug-likeness (QED) is 0.233. The van der Waals surface area contributed by atoms with Crippen molar-refractivity contribution in [3.63, 3.8) is 0 Å². The zero-order chi connectivity index (χ0) is 29.9. The maximum Gasteiger partial charge on any atom is 0.0364 e. The normalized spacial score (nSPS) is 36.4. The van der Waals surface area contributed by atoms with Crippen LogP contribution in [0.3, 0.4) is 0 Å². The molecule has 230 valence electrons. The first-order chi connectivity index (χ1) is 19.5. The molecule has 0 saturated heterocycles. The van der Waals surface area contributed by atoms with Crippen LogP contribution in [0.1, 0.15) is 125 Å². The van der Waals surface area contributed by atoms with Crippen LogP contribution in [-0.2, 0) is 0 Å². The number of nitrogen functional groups attached to an aromatic ring is 1. The van der Waals surface area contributed by atoms with Crippen molar-refractivity contribution in [2.75, 3.05) is 18.1 Å². The predicted octanol–water partition coefficient (Wildman–Crippen LogP) is 11.3. The highest BCUT2D eigenvalue weighted by Gasteiger charge is 2.59. The molecule has 0 aromatic heterocycles. The molecule has 0 amide bonds. The Bertz CT molecular complexity index is 1050. The SMILES string of the molecule is C=C(CC1CCC2(C)C(C=CC3C2CCC2(C)C(C(C)CCCC(C)C)CCC32)C1)c1cc(N)cc(NC)c1.CC. The van der Waals surface area contributed by atoms with Gasteiger partial charge in [0.05, 0.1) is 0 Å². The van der Waals surface area contributed by atoms with Gasteiger partial charge >= 0.3 is 0 Å². The average molecular weight is 561 g/mol. The fraction of sp³-hybridized carbons (Fsp3) is 0.744. The number of hydrogen-bond donors (Lipinski definition) is 2. The molecule has 4 aliphatic carbocycles. The van der Waals surface area contributed by atoms with E-state index in [9.17, 15) is 0 Å². The van der Waals surface area contributed by atoms with Gasteiger partial charge < -0.3 is 11.1 Å². The van der Waals surface area contributed by atoms with E-state index in [0.717, 1.165) is 65.1 Å². The minimum Gasteiger partial charge on any atom is -0.399 e. The Kier molecular flexibility index (Phi) is 10.5. The summed E-state index contributed by atoms with van der Waals surface area (Å²) >= 11 is 0. The maximum absolute atomic E-state index is 6.19. The van der Waals surface area contributed by atoms with Crippen LogP contribution in [0, 0.1) is 58.2 Å². The number of allylic oxidation sites excluding steroid dienone is 3. The molecule has 1 aromatic carbocycles. The first-order valence-electron chi connectivity index (χ1n) is 17.5. The van der Waals surface area contributed by atoms with Gasteiger partial charge in [-0.2, -0.15) is 0 Å². The Morgan fingerprint density at radius 3 is 2.37 bits per heavy atom. The van der Waals surface area contributed by atoms with Gasteiger partial charge in [0.15, 0.2) is 0 Å². The lowest BCUT2D eigenvalue weighted by molar-refractivity contribution is -0.0709. The molecule has 0 radical (unpaired) electrons. The van der Waals surface area contributed by atoms with Crippen LogP contribution >= 0.6 is 0 Å². The first kappa shape index (κ1) is 32.2. The van der Waals surface area contributed by atoms with Gasteiger partial charge in [0.25, 0.3) is 0 Å². The van der Waals surface area contributed by atoms with Crippen molar-refractivity contribution in [2.24, 2.45) is 58.2 Å². The molecule has 4 aliphatic rings. The highest BCUT2D eigenvalue weighted by Crippen LogP contribution is 2.67. The van der Waals surface area contributed by atoms with Crippen molar-refractivity contribution in [1.29, 1.82) is 0 Å². The van der Waals surface area contributed by atoms with Crippen LogP contribution in [-0.4, -0.2) is 7.05 Å². The van der Waals surface area contributed by atoms with Crippen LogP contribution in [0.25, 0.3) is 5.57 Å². The third kappa shape index (κ3) is 6.47. The van der Waals surface area contributed by atoms with E-state index in [1.54, 1.807) is 0 Å². The third-order valence-corrected chi connectivity index (χ3v) is 12.7. The van der Waals surface area contributed by atoms with E-state index < -0.39 is 0 Å². The molecule has 9 atom stereocenters. The molecule has 3 fully saturated rings. The highest BCUT2D eigenvalue weighted by molar-refractivity contribution is 5.71. The van der Waals surface area contributed by atoms with Gasteiger partial charge in [-0.25, -0.2) is 0 Å². The van der Waals surface area contributed by atoms with Gasteiger partial charge in [0, 0.05) is 18.4 Å². The minimum atomic E-state index is 0.482. The second kappa shape index (κ2) is 13.3. The van der Waals surface area contributed by atoms with Crippen molar-refractivity contribution in [1.82, 2.24) is 0 Å². The molecule has 0 aliphatic heterocycles. The largest absolute Gasteiger partial charge is 0.399 e. The van der Waals surface area contributed by atoms with Crippen molar-refractivity contribution >= 4 is 16.9 Å². The van der Waals surface area contributed by atoms with Gasteiger partial charge in [-0.05, 0) is 139 Å². The number of nitrogens with one attached hydrogen (secondary N) is 1. The molecular formula is C39H64N2.